The van der Waals surface area contributed by atoms with Gasteiger partial charge in [0.25, 0.3) is 5.91 Å². The third kappa shape index (κ3) is 3.53. The minimum absolute atomic E-state index is 0.162. The molecule has 7 heteroatoms. The predicted molar refractivity (Wildman–Crippen MR) is 79.6 cm³/mol. The molecule has 0 radical (unpaired) electrons. The highest BCUT2D eigenvalue weighted by molar-refractivity contribution is 5.97. The number of amides is 2. The molecule has 1 fully saturated rings. The van der Waals surface area contributed by atoms with Crippen molar-refractivity contribution in [1.82, 2.24) is 19.6 Å². The summed E-state index contributed by atoms with van der Waals surface area (Å²) in [6.07, 6.45) is 2.18. The first-order valence-electron chi connectivity index (χ1n) is 7.24. The molecule has 0 spiro atoms. The van der Waals surface area contributed by atoms with Gasteiger partial charge in [-0.05, 0) is 5.92 Å². The predicted octanol–water partition coefficient (Wildman–Crippen LogP) is 0.333. The average molecular weight is 293 g/mol. The highest BCUT2D eigenvalue weighted by Gasteiger charge is 2.27. The largest absolute Gasteiger partial charge is 0.396 e. The van der Waals surface area contributed by atoms with E-state index in [0.29, 0.717) is 49.9 Å². The van der Waals surface area contributed by atoms with E-state index in [-0.39, 0.29) is 11.8 Å². The van der Waals surface area contributed by atoms with Crippen molar-refractivity contribution in [3.05, 3.63) is 11.9 Å². The summed E-state index contributed by atoms with van der Waals surface area (Å²) >= 11 is 0. The Morgan fingerprint density at radius 2 is 1.81 bits per heavy atom. The molecule has 7 nitrogen and oxygen atoms in total. The van der Waals surface area contributed by atoms with Gasteiger partial charge in [0.2, 0.25) is 5.91 Å². The van der Waals surface area contributed by atoms with Crippen LogP contribution in [0.2, 0.25) is 0 Å². The molecule has 1 aromatic rings. The normalized spacial score (nSPS) is 15.6. The van der Waals surface area contributed by atoms with Gasteiger partial charge in [0, 0.05) is 45.8 Å². The monoisotopic (exact) mass is 293 g/mol. The number of anilines is 1. The lowest BCUT2D eigenvalue weighted by Gasteiger charge is -2.34. The molecule has 1 aromatic heterocycles. The molecule has 0 atom stereocenters. The maximum Gasteiger partial charge on any atom is 0.276 e. The van der Waals surface area contributed by atoms with Crippen LogP contribution >= 0.6 is 0 Å². The van der Waals surface area contributed by atoms with Crippen LogP contribution in [-0.2, 0) is 11.8 Å². The number of rotatable bonds is 3. The smallest absolute Gasteiger partial charge is 0.276 e. The lowest BCUT2D eigenvalue weighted by molar-refractivity contribution is -0.133. The third-order valence-corrected chi connectivity index (χ3v) is 3.56. The third-order valence-electron chi connectivity index (χ3n) is 3.56. The van der Waals surface area contributed by atoms with Crippen LogP contribution in [0.4, 0.5) is 5.69 Å². The van der Waals surface area contributed by atoms with Crippen LogP contribution in [0, 0.1) is 5.92 Å². The van der Waals surface area contributed by atoms with E-state index in [1.165, 1.54) is 4.68 Å². The van der Waals surface area contributed by atoms with Crippen molar-refractivity contribution in [2.45, 2.75) is 20.3 Å². The number of carbonyl (C=O) groups is 2. The zero-order valence-corrected chi connectivity index (χ0v) is 12.9. The number of nitrogens with two attached hydrogens (primary N) is 1. The number of piperazine rings is 1. The molecule has 1 aliphatic heterocycles. The van der Waals surface area contributed by atoms with Gasteiger partial charge in [-0.25, -0.2) is 0 Å². The number of aryl methyl sites for hydroxylation is 1. The van der Waals surface area contributed by atoms with Crippen molar-refractivity contribution in [2.24, 2.45) is 13.0 Å². The van der Waals surface area contributed by atoms with E-state index in [2.05, 4.69) is 5.10 Å². The fourth-order valence-electron chi connectivity index (χ4n) is 2.46. The standard InChI is InChI=1S/C14H23N5O2/c1-10(2)8-12(20)18-4-6-19(7-5-18)14(21)13-11(15)9-17(3)16-13/h9-10H,4-8,15H2,1-3H3. The summed E-state index contributed by atoms with van der Waals surface area (Å²) in [5.41, 5.74) is 6.46. The zero-order valence-electron chi connectivity index (χ0n) is 12.9. The minimum Gasteiger partial charge on any atom is -0.396 e. The number of nitrogen functional groups attached to an aromatic ring is 1. The van der Waals surface area contributed by atoms with Gasteiger partial charge in [0.1, 0.15) is 0 Å². The Morgan fingerprint density at radius 1 is 1.24 bits per heavy atom. The first kappa shape index (κ1) is 15.3. The molecule has 21 heavy (non-hydrogen) atoms. The second-order valence-corrected chi connectivity index (χ2v) is 5.88. The van der Waals surface area contributed by atoms with Gasteiger partial charge in [-0.1, -0.05) is 13.8 Å². The van der Waals surface area contributed by atoms with Gasteiger partial charge < -0.3 is 15.5 Å². The highest BCUT2D eigenvalue weighted by atomic mass is 16.2. The van der Waals surface area contributed by atoms with Crippen LogP contribution in [0.3, 0.4) is 0 Å². The van der Waals surface area contributed by atoms with Crippen molar-refractivity contribution in [1.29, 1.82) is 0 Å². The SMILES string of the molecule is CC(C)CC(=O)N1CCN(C(=O)c2nn(C)cc2N)CC1. The summed E-state index contributed by atoms with van der Waals surface area (Å²) in [6.45, 7) is 6.26. The summed E-state index contributed by atoms with van der Waals surface area (Å²) < 4.78 is 1.53. The Labute approximate surface area is 124 Å². The lowest BCUT2D eigenvalue weighted by atomic mass is 10.1. The zero-order chi connectivity index (χ0) is 15.6. The topological polar surface area (TPSA) is 84.5 Å². The Morgan fingerprint density at radius 3 is 2.29 bits per heavy atom. The van der Waals surface area contributed by atoms with E-state index in [1.807, 2.05) is 18.7 Å². The summed E-state index contributed by atoms with van der Waals surface area (Å²) in [5, 5.41) is 4.10. The summed E-state index contributed by atoms with van der Waals surface area (Å²) in [7, 11) is 1.73. The van der Waals surface area contributed by atoms with Crippen LogP contribution in [0.5, 0.6) is 0 Å². The van der Waals surface area contributed by atoms with Crippen LogP contribution in [0.15, 0.2) is 6.20 Å². The van der Waals surface area contributed by atoms with E-state index >= 15 is 0 Å². The lowest BCUT2D eigenvalue weighted by Crippen LogP contribution is -2.51. The van der Waals surface area contributed by atoms with Crippen molar-refractivity contribution < 1.29 is 9.59 Å². The Hall–Kier alpha value is -2.05. The van der Waals surface area contributed by atoms with E-state index in [4.69, 9.17) is 5.73 Å². The fraction of sp³-hybridized carbons (Fsp3) is 0.643. The van der Waals surface area contributed by atoms with Crippen LogP contribution in [-0.4, -0.2) is 57.6 Å². The molecule has 0 bridgehead atoms. The van der Waals surface area contributed by atoms with Gasteiger partial charge >= 0.3 is 0 Å². The molecule has 0 unspecified atom stereocenters. The van der Waals surface area contributed by atoms with E-state index < -0.39 is 0 Å². The molecule has 0 aliphatic carbocycles. The van der Waals surface area contributed by atoms with Gasteiger partial charge in [-0.15, -0.1) is 0 Å². The molecule has 2 heterocycles. The van der Waals surface area contributed by atoms with E-state index in [1.54, 1.807) is 18.1 Å². The van der Waals surface area contributed by atoms with Crippen LogP contribution in [0.1, 0.15) is 30.8 Å². The van der Waals surface area contributed by atoms with Crippen LogP contribution in [0.25, 0.3) is 0 Å². The first-order chi connectivity index (χ1) is 9.88. The average Bonchev–Trinajstić information content (AvgIpc) is 2.76. The fourth-order valence-corrected chi connectivity index (χ4v) is 2.46. The van der Waals surface area contributed by atoms with Gasteiger partial charge in [-0.2, -0.15) is 5.10 Å². The number of hydrogen-bond donors (Lipinski definition) is 1. The first-order valence-corrected chi connectivity index (χ1v) is 7.24. The molecule has 2 rings (SSSR count). The highest BCUT2D eigenvalue weighted by Crippen LogP contribution is 2.14. The maximum atomic E-state index is 12.4. The molecule has 2 amide bonds. The quantitative estimate of drug-likeness (QED) is 0.870. The second-order valence-electron chi connectivity index (χ2n) is 5.88. The number of nitrogens with zero attached hydrogens (tertiary/aromatic N) is 4. The Balaban J connectivity index is 1.93. The molecular weight excluding hydrogens is 270 g/mol. The van der Waals surface area contributed by atoms with Crippen molar-refractivity contribution in [3.63, 3.8) is 0 Å². The van der Waals surface area contributed by atoms with Crippen LogP contribution < -0.4 is 5.73 Å². The summed E-state index contributed by atoms with van der Waals surface area (Å²) in [4.78, 5) is 27.9. The number of hydrogen-bond acceptors (Lipinski definition) is 4. The Bertz CT molecular complexity index is 529. The van der Waals surface area contributed by atoms with E-state index in [0.717, 1.165) is 0 Å². The van der Waals surface area contributed by atoms with Gasteiger partial charge in [0.15, 0.2) is 5.69 Å². The molecule has 116 valence electrons. The van der Waals surface area contributed by atoms with Crippen molar-refractivity contribution >= 4 is 17.5 Å². The van der Waals surface area contributed by atoms with E-state index in [9.17, 15) is 9.59 Å². The number of aromatic nitrogens is 2. The molecule has 1 saturated heterocycles. The molecule has 2 N–H and O–H groups in total. The summed E-state index contributed by atoms with van der Waals surface area (Å²) in [6, 6.07) is 0. The molecule has 0 saturated carbocycles. The summed E-state index contributed by atoms with van der Waals surface area (Å²) in [5.74, 6) is 0.351. The maximum absolute atomic E-state index is 12.4. The minimum atomic E-state index is -0.163. The van der Waals surface area contributed by atoms with Gasteiger partial charge in [-0.3, -0.25) is 14.3 Å². The van der Waals surface area contributed by atoms with Gasteiger partial charge in [0.05, 0.1) is 5.69 Å². The molecular formula is C14H23N5O2. The van der Waals surface area contributed by atoms with Crippen molar-refractivity contribution in [3.8, 4) is 0 Å². The molecule has 0 aromatic carbocycles. The molecule has 1 aliphatic rings. The Kier molecular flexibility index (Phi) is 4.50. The van der Waals surface area contributed by atoms with Crippen molar-refractivity contribution in [2.75, 3.05) is 31.9 Å². The number of carbonyl (C=O) groups excluding carboxylic acids is 2. The second kappa shape index (κ2) is 6.15.